The van der Waals surface area contributed by atoms with Gasteiger partial charge in [-0.05, 0) is 31.2 Å². The van der Waals surface area contributed by atoms with Crippen LogP contribution in [0.25, 0.3) is 11.5 Å². The lowest BCUT2D eigenvalue weighted by Gasteiger charge is -2.13. The van der Waals surface area contributed by atoms with E-state index in [0.29, 0.717) is 27.4 Å². The highest BCUT2D eigenvalue weighted by Gasteiger charge is 2.18. The molecule has 1 heterocycles. The molecule has 0 bridgehead atoms. The lowest BCUT2D eigenvalue weighted by atomic mass is 10.1. The van der Waals surface area contributed by atoms with E-state index in [1.165, 1.54) is 6.07 Å². The zero-order valence-corrected chi connectivity index (χ0v) is 16.5. The summed E-state index contributed by atoms with van der Waals surface area (Å²) in [6.07, 6.45) is 0.357. The molecule has 0 saturated carbocycles. The lowest BCUT2D eigenvalue weighted by Crippen LogP contribution is -2.28. The predicted octanol–water partition coefficient (Wildman–Crippen LogP) is 4.67. The minimum Gasteiger partial charge on any atom is -0.421 e. The summed E-state index contributed by atoms with van der Waals surface area (Å²) in [4.78, 5) is 12.2. The maximum atomic E-state index is 12.2. The van der Waals surface area contributed by atoms with Crippen molar-refractivity contribution in [3.63, 3.8) is 0 Å². The van der Waals surface area contributed by atoms with Crippen LogP contribution >= 0.6 is 23.2 Å². The van der Waals surface area contributed by atoms with Gasteiger partial charge in [-0.2, -0.15) is 5.26 Å². The van der Waals surface area contributed by atoms with E-state index >= 15 is 0 Å². The van der Waals surface area contributed by atoms with Crippen molar-refractivity contribution in [2.24, 2.45) is 0 Å². The summed E-state index contributed by atoms with van der Waals surface area (Å²) in [6, 6.07) is 13.6. The van der Waals surface area contributed by atoms with Gasteiger partial charge in [-0.25, -0.2) is 0 Å². The lowest BCUT2D eigenvalue weighted by molar-refractivity contribution is -0.121. The monoisotopic (exact) mass is 414 g/mol. The second-order valence-electron chi connectivity index (χ2n) is 6.16. The Labute approximate surface area is 172 Å². The van der Waals surface area contributed by atoms with Gasteiger partial charge in [0.2, 0.25) is 17.7 Å². The highest BCUT2D eigenvalue weighted by molar-refractivity contribution is 6.35. The molecule has 1 aromatic heterocycles. The van der Waals surface area contributed by atoms with Gasteiger partial charge in [-0.1, -0.05) is 47.0 Å². The van der Waals surface area contributed by atoms with Crippen LogP contribution < -0.4 is 5.32 Å². The number of benzene rings is 2. The number of nitrogens with one attached hydrogen (secondary N) is 1. The number of aromatic nitrogens is 2. The summed E-state index contributed by atoms with van der Waals surface area (Å²) in [6.45, 7) is 1.99. The van der Waals surface area contributed by atoms with Crippen LogP contribution in [-0.4, -0.2) is 16.1 Å². The largest absolute Gasteiger partial charge is 0.421 e. The van der Waals surface area contributed by atoms with Gasteiger partial charge in [0.1, 0.15) is 6.04 Å². The summed E-state index contributed by atoms with van der Waals surface area (Å²) in [5.74, 6) is 0.426. The average molecular weight is 415 g/mol. The highest BCUT2D eigenvalue weighted by Crippen LogP contribution is 2.26. The quantitative estimate of drug-likeness (QED) is 0.632. The van der Waals surface area contributed by atoms with Crippen LogP contribution in [-0.2, 0) is 11.2 Å². The summed E-state index contributed by atoms with van der Waals surface area (Å²) >= 11 is 12.0. The topological polar surface area (TPSA) is 91.8 Å². The first kappa shape index (κ1) is 19.9. The van der Waals surface area contributed by atoms with E-state index in [-0.39, 0.29) is 18.7 Å². The zero-order chi connectivity index (χ0) is 20.1. The van der Waals surface area contributed by atoms with Crippen molar-refractivity contribution in [1.29, 1.82) is 5.26 Å². The maximum absolute atomic E-state index is 12.2. The van der Waals surface area contributed by atoms with Gasteiger partial charge in [-0.15, -0.1) is 10.2 Å². The van der Waals surface area contributed by atoms with Gasteiger partial charge in [0, 0.05) is 34.0 Å². The fraction of sp³-hybridized carbons (Fsp3) is 0.200. The van der Waals surface area contributed by atoms with Crippen molar-refractivity contribution in [3.8, 4) is 17.5 Å². The van der Waals surface area contributed by atoms with E-state index in [4.69, 9.17) is 27.6 Å². The fourth-order valence-electron chi connectivity index (χ4n) is 2.54. The third kappa shape index (κ3) is 4.89. The molecule has 1 N–H and O–H groups in total. The molecule has 6 nitrogen and oxygen atoms in total. The summed E-state index contributed by atoms with van der Waals surface area (Å²) in [5.41, 5.74) is 2.44. The molecular weight excluding hydrogens is 399 g/mol. The minimum atomic E-state index is -0.872. The van der Waals surface area contributed by atoms with Crippen molar-refractivity contribution in [2.75, 3.05) is 0 Å². The molecule has 1 atom stereocenters. The molecule has 3 aromatic rings. The Balaban J connectivity index is 1.59. The standard InChI is InChI=1S/C20H16Cl2N4O2/c1-12-2-4-13(5-3-12)20-26-25-19(28-20)9-8-18(27)24-17(11-23)15-7-6-14(21)10-16(15)22/h2-7,10,17H,8-9H2,1H3,(H,24,27). The maximum Gasteiger partial charge on any atom is 0.247 e. The molecular formula is C20H16Cl2N4O2. The number of nitrogens with zero attached hydrogens (tertiary/aromatic N) is 3. The van der Waals surface area contributed by atoms with Gasteiger partial charge in [0.15, 0.2) is 0 Å². The van der Waals surface area contributed by atoms with Crippen molar-refractivity contribution >= 4 is 29.1 Å². The van der Waals surface area contributed by atoms with Crippen LogP contribution in [0.5, 0.6) is 0 Å². The Bertz CT molecular complexity index is 1030. The highest BCUT2D eigenvalue weighted by atomic mass is 35.5. The van der Waals surface area contributed by atoms with Crippen LogP contribution in [0.2, 0.25) is 10.0 Å². The van der Waals surface area contributed by atoms with E-state index < -0.39 is 6.04 Å². The van der Waals surface area contributed by atoms with E-state index in [1.54, 1.807) is 12.1 Å². The average Bonchev–Trinajstić information content (AvgIpc) is 3.14. The van der Waals surface area contributed by atoms with Crippen molar-refractivity contribution in [3.05, 3.63) is 69.5 Å². The molecule has 28 heavy (non-hydrogen) atoms. The molecule has 8 heteroatoms. The SMILES string of the molecule is Cc1ccc(-c2nnc(CCC(=O)NC(C#N)c3ccc(Cl)cc3Cl)o2)cc1. The number of amides is 1. The number of nitriles is 1. The van der Waals surface area contributed by atoms with Crippen molar-refractivity contribution < 1.29 is 9.21 Å². The molecule has 0 saturated heterocycles. The predicted molar refractivity (Wildman–Crippen MR) is 106 cm³/mol. The van der Waals surface area contributed by atoms with Gasteiger partial charge in [-0.3, -0.25) is 4.79 Å². The number of rotatable bonds is 6. The molecule has 0 aliphatic carbocycles. The second-order valence-corrected chi connectivity index (χ2v) is 7.01. The van der Waals surface area contributed by atoms with Gasteiger partial charge >= 0.3 is 0 Å². The molecule has 0 spiro atoms. The summed E-state index contributed by atoms with van der Waals surface area (Å²) in [5, 5.41) is 20.8. The number of aryl methyl sites for hydroxylation is 2. The molecule has 0 aliphatic rings. The molecule has 2 aromatic carbocycles. The molecule has 0 fully saturated rings. The third-order valence-corrected chi connectivity index (χ3v) is 4.60. The number of carbonyl (C=O) groups excluding carboxylic acids is 1. The van der Waals surface area contributed by atoms with E-state index in [2.05, 4.69) is 15.5 Å². The first-order chi connectivity index (χ1) is 13.5. The normalized spacial score (nSPS) is 11.6. The number of carbonyl (C=O) groups is 1. The molecule has 3 rings (SSSR count). The van der Waals surface area contributed by atoms with Crippen LogP contribution in [0.15, 0.2) is 46.9 Å². The van der Waals surface area contributed by atoms with Crippen LogP contribution in [0.3, 0.4) is 0 Å². The molecule has 1 unspecified atom stereocenters. The summed E-state index contributed by atoms with van der Waals surface area (Å²) in [7, 11) is 0. The Morgan fingerprint density at radius 1 is 1.21 bits per heavy atom. The Kier molecular flexibility index (Phi) is 6.30. The number of hydrogen-bond donors (Lipinski definition) is 1. The second kappa shape index (κ2) is 8.87. The van der Waals surface area contributed by atoms with Gasteiger partial charge in [0.05, 0.1) is 6.07 Å². The van der Waals surface area contributed by atoms with Gasteiger partial charge in [0.25, 0.3) is 0 Å². The molecule has 0 aliphatic heterocycles. The van der Waals surface area contributed by atoms with E-state index in [1.807, 2.05) is 37.3 Å². The Morgan fingerprint density at radius 2 is 1.96 bits per heavy atom. The van der Waals surface area contributed by atoms with Crippen molar-refractivity contribution in [2.45, 2.75) is 25.8 Å². The number of hydrogen-bond acceptors (Lipinski definition) is 5. The zero-order valence-electron chi connectivity index (χ0n) is 14.9. The molecule has 0 radical (unpaired) electrons. The number of halogens is 2. The van der Waals surface area contributed by atoms with E-state index in [9.17, 15) is 10.1 Å². The van der Waals surface area contributed by atoms with E-state index in [0.717, 1.165) is 11.1 Å². The third-order valence-electron chi connectivity index (χ3n) is 4.04. The van der Waals surface area contributed by atoms with Gasteiger partial charge < -0.3 is 9.73 Å². The molecule has 142 valence electrons. The van der Waals surface area contributed by atoms with Crippen LogP contribution in [0.1, 0.15) is 29.5 Å². The Hall–Kier alpha value is -2.88. The van der Waals surface area contributed by atoms with Crippen LogP contribution in [0, 0.1) is 18.3 Å². The first-order valence-electron chi connectivity index (χ1n) is 8.49. The Morgan fingerprint density at radius 3 is 2.64 bits per heavy atom. The summed E-state index contributed by atoms with van der Waals surface area (Å²) < 4.78 is 5.61. The first-order valence-corrected chi connectivity index (χ1v) is 9.25. The van der Waals surface area contributed by atoms with Crippen LogP contribution in [0.4, 0.5) is 0 Å². The fourth-order valence-corrected chi connectivity index (χ4v) is 3.05. The van der Waals surface area contributed by atoms with Crippen molar-refractivity contribution in [1.82, 2.24) is 15.5 Å². The minimum absolute atomic E-state index is 0.0962. The smallest absolute Gasteiger partial charge is 0.247 e. The molecule has 1 amide bonds.